The third kappa shape index (κ3) is 4.27. The molecule has 0 saturated carbocycles. The van der Waals surface area contributed by atoms with E-state index in [2.05, 4.69) is 22.1 Å². The summed E-state index contributed by atoms with van der Waals surface area (Å²) in [7, 11) is 1.66. The summed E-state index contributed by atoms with van der Waals surface area (Å²) >= 11 is 0. The zero-order valence-corrected chi connectivity index (χ0v) is 16.7. The molecule has 0 aliphatic heterocycles. The summed E-state index contributed by atoms with van der Waals surface area (Å²) < 4.78 is 1.43. The van der Waals surface area contributed by atoms with Gasteiger partial charge >= 0.3 is 0 Å². The van der Waals surface area contributed by atoms with E-state index >= 15 is 0 Å². The van der Waals surface area contributed by atoms with Crippen molar-refractivity contribution in [1.29, 1.82) is 0 Å². The Bertz CT molecular complexity index is 1220. The summed E-state index contributed by atoms with van der Waals surface area (Å²) in [5.41, 5.74) is 3.04. The molecule has 4 aromatic rings. The number of benzene rings is 2. The Kier molecular flexibility index (Phi) is 5.66. The zero-order chi connectivity index (χ0) is 20.9. The van der Waals surface area contributed by atoms with Crippen LogP contribution in [-0.2, 0) is 20.0 Å². The Morgan fingerprint density at radius 2 is 1.83 bits per heavy atom. The first-order chi connectivity index (χ1) is 14.6. The van der Waals surface area contributed by atoms with Crippen molar-refractivity contribution >= 4 is 16.8 Å². The Hall–Kier alpha value is -3.80. The minimum atomic E-state index is -0.129. The van der Waals surface area contributed by atoms with Gasteiger partial charge in [0, 0.05) is 38.1 Å². The highest BCUT2D eigenvalue weighted by Crippen LogP contribution is 2.15. The van der Waals surface area contributed by atoms with Crippen molar-refractivity contribution in [2.45, 2.75) is 13.0 Å². The molecule has 6 nitrogen and oxygen atoms in total. The summed E-state index contributed by atoms with van der Waals surface area (Å²) in [5, 5.41) is 0.500. The van der Waals surface area contributed by atoms with E-state index in [1.807, 2.05) is 35.2 Å². The van der Waals surface area contributed by atoms with Gasteiger partial charge in [-0.15, -0.1) is 0 Å². The van der Waals surface area contributed by atoms with Crippen LogP contribution < -0.4 is 5.56 Å². The number of nitrogens with zero attached hydrogens (tertiary/aromatic N) is 4. The standard InChI is InChI=1S/C24H22N4O2/c1-27-17-26-22-14-20(9-10-21(22)24(27)30)23(29)28(16-19-8-5-12-25-15-19)13-11-18-6-3-2-4-7-18/h2-10,12,14-15,17H,11,13,16H2,1H3. The van der Waals surface area contributed by atoms with E-state index in [-0.39, 0.29) is 11.5 Å². The van der Waals surface area contributed by atoms with Gasteiger partial charge in [0.25, 0.3) is 11.5 Å². The molecule has 0 atom stereocenters. The van der Waals surface area contributed by atoms with Crippen molar-refractivity contribution in [3.05, 3.63) is 106 Å². The van der Waals surface area contributed by atoms with E-state index in [9.17, 15) is 9.59 Å². The molecule has 0 bridgehead atoms. The molecule has 0 radical (unpaired) electrons. The normalized spacial score (nSPS) is 10.8. The van der Waals surface area contributed by atoms with Gasteiger partial charge in [-0.05, 0) is 41.8 Å². The van der Waals surface area contributed by atoms with Gasteiger partial charge in [-0.1, -0.05) is 36.4 Å². The van der Waals surface area contributed by atoms with Crippen molar-refractivity contribution in [3.8, 4) is 0 Å². The van der Waals surface area contributed by atoms with E-state index < -0.39 is 0 Å². The number of aromatic nitrogens is 3. The van der Waals surface area contributed by atoms with Crippen LogP contribution in [0.25, 0.3) is 10.9 Å². The lowest BCUT2D eigenvalue weighted by Gasteiger charge is -2.23. The topological polar surface area (TPSA) is 68.1 Å². The predicted molar refractivity (Wildman–Crippen MR) is 116 cm³/mol. The molecule has 2 aromatic heterocycles. The van der Waals surface area contributed by atoms with Crippen LogP contribution in [0.4, 0.5) is 0 Å². The molecule has 30 heavy (non-hydrogen) atoms. The van der Waals surface area contributed by atoms with Gasteiger partial charge in [0.15, 0.2) is 0 Å². The summed E-state index contributed by atoms with van der Waals surface area (Å²) in [6, 6.07) is 19.0. The van der Waals surface area contributed by atoms with E-state index in [0.29, 0.717) is 29.6 Å². The van der Waals surface area contributed by atoms with Crippen LogP contribution in [-0.4, -0.2) is 31.9 Å². The van der Waals surface area contributed by atoms with Crippen LogP contribution in [0, 0.1) is 0 Å². The van der Waals surface area contributed by atoms with Gasteiger partial charge < -0.3 is 9.47 Å². The highest BCUT2D eigenvalue weighted by atomic mass is 16.2. The molecule has 0 spiro atoms. The Morgan fingerprint density at radius 3 is 2.60 bits per heavy atom. The highest BCUT2D eigenvalue weighted by molar-refractivity contribution is 5.97. The molecule has 150 valence electrons. The fourth-order valence-corrected chi connectivity index (χ4v) is 3.40. The van der Waals surface area contributed by atoms with E-state index in [1.54, 1.807) is 37.6 Å². The van der Waals surface area contributed by atoms with Crippen LogP contribution in [0.5, 0.6) is 0 Å². The second kappa shape index (κ2) is 8.69. The summed E-state index contributed by atoms with van der Waals surface area (Å²) in [6.45, 7) is 1.03. The van der Waals surface area contributed by atoms with Gasteiger partial charge in [0.1, 0.15) is 0 Å². The maximum atomic E-state index is 13.4. The summed E-state index contributed by atoms with van der Waals surface area (Å²) in [5.74, 6) is -0.0980. The maximum Gasteiger partial charge on any atom is 0.260 e. The number of fused-ring (bicyclic) bond motifs is 1. The third-order valence-electron chi connectivity index (χ3n) is 5.06. The molecule has 0 unspecified atom stereocenters. The molecule has 0 fully saturated rings. The minimum absolute atomic E-state index is 0.0980. The predicted octanol–water partition coefficient (Wildman–Crippen LogP) is 3.21. The lowest BCUT2D eigenvalue weighted by atomic mass is 10.1. The largest absolute Gasteiger partial charge is 0.334 e. The summed E-state index contributed by atoms with van der Waals surface area (Å²) in [4.78, 5) is 35.9. The van der Waals surface area contributed by atoms with E-state index in [4.69, 9.17) is 0 Å². The number of rotatable bonds is 6. The zero-order valence-electron chi connectivity index (χ0n) is 16.7. The fraction of sp³-hybridized carbons (Fsp3) is 0.167. The molecular weight excluding hydrogens is 376 g/mol. The van der Waals surface area contributed by atoms with Gasteiger partial charge in [-0.2, -0.15) is 0 Å². The molecular formula is C24H22N4O2. The van der Waals surface area contributed by atoms with Gasteiger partial charge in [-0.25, -0.2) is 4.98 Å². The first-order valence-electron chi connectivity index (χ1n) is 9.79. The van der Waals surface area contributed by atoms with Gasteiger partial charge in [-0.3, -0.25) is 14.6 Å². The second-order valence-electron chi connectivity index (χ2n) is 7.22. The molecule has 2 aromatic carbocycles. The fourth-order valence-electron chi connectivity index (χ4n) is 3.40. The third-order valence-corrected chi connectivity index (χ3v) is 5.06. The molecule has 6 heteroatoms. The second-order valence-corrected chi connectivity index (χ2v) is 7.22. The number of pyridine rings is 1. The lowest BCUT2D eigenvalue weighted by Crippen LogP contribution is -2.32. The van der Waals surface area contributed by atoms with Crippen LogP contribution in [0.3, 0.4) is 0 Å². The number of carbonyl (C=O) groups is 1. The minimum Gasteiger partial charge on any atom is -0.334 e. The Morgan fingerprint density at radius 1 is 1.03 bits per heavy atom. The maximum absolute atomic E-state index is 13.4. The van der Waals surface area contributed by atoms with E-state index in [0.717, 1.165) is 12.0 Å². The average Bonchev–Trinajstić information content (AvgIpc) is 2.80. The van der Waals surface area contributed by atoms with Crippen molar-refractivity contribution in [2.24, 2.45) is 7.05 Å². The van der Waals surface area contributed by atoms with Gasteiger partial charge in [0.2, 0.25) is 0 Å². The quantitative estimate of drug-likeness (QED) is 0.500. The molecule has 0 aliphatic rings. The summed E-state index contributed by atoms with van der Waals surface area (Å²) in [6.07, 6.45) is 5.71. The molecule has 0 N–H and O–H groups in total. The van der Waals surface area contributed by atoms with Crippen molar-refractivity contribution in [3.63, 3.8) is 0 Å². The van der Waals surface area contributed by atoms with Crippen molar-refractivity contribution in [2.75, 3.05) is 6.54 Å². The SMILES string of the molecule is Cn1cnc2cc(C(=O)N(CCc3ccccc3)Cc3cccnc3)ccc2c1=O. The number of hydrogen-bond acceptors (Lipinski definition) is 4. The van der Waals surface area contributed by atoms with E-state index in [1.165, 1.54) is 16.5 Å². The van der Waals surface area contributed by atoms with Crippen molar-refractivity contribution in [1.82, 2.24) is 19.4 Å². The highest BCUT2D eigenvalue weighted by Gasteiger charge is 2.17. The molecule has 2 heterocycles. The monoisotopic (exact) mass is 398 g/mol. The first kappa shape index (κ1) is 19.5. The molecule has 0 saturated heterocycles. The van der Waals surface area contributed by atoms with Crippen LogP contribution >= 0.6 is 0 Å². The molecule has 0 aliphatic carbocycles. The first-order valence-corrected chi connectivity index (χ1v) is 9.79. The van der Waals surface area contributed by atoms with Gasteiger partial charge in [0.05, 0.1) is 17.2 Å². The van der Waals surface area contributed by atoms with Crippen LogP contribution in [0.15, 0.2) is 84.2 Å². The number of carbonyl (C=O) groups excluding carboxylic acids is 1. The molecule has 1 amide bonds. The Balaban J connectivity index is 1.63. The molecule has 4 rings (SSSR count). The van der Waals surface area contributed by atoms with Crippen LogP contribution in [0.1, 0.15) is 21.5 Å². The average molecular weight is 398 g/mol. The number of aryl methyl sites for hydroxylation is 1. The lowest BCUT2D eigenvalue weighted by molar-refractivity contribution is 0.0745. The number of amides is 1. The van der Waals surface area contributed by atoms with Crippen LogP contribution in [0.2, 0.25) is 0 Å². The smallest absolute Gasteiger partial charge is 0.260 e. The van der Waals surface area contributed by atoms with Crippen molar-refractivity contribution < 1.29 is 4.79 Å². The number of hydrogen-bond donors (Lipinski definition) is 0. The Labute approximate surface area is 174 Å².